The lowest BCUT2D eigenvalue weighted by Crippen LogP contribution is -2.62. The van der Waals surface area contributed by atoms with E-state index in [2.05, 4.69) is 5.32 Å². The van der Waals surface area contributed by atoms with E-state index in [4.69, 9.17) is 44.8 Å². The Morgan fingerprint density at radius 1 is 1.02 bits per heavy atom. The van der Waals surface area contributed by atoms with E-state index in [0.29, 0.717) is 11.8 Å². The number of morpholine rings is 1. The van der Waals surface area contributed by atoms with Crippen LogP contribution in [0.1, 0.15) is 54.8 Å². The summed E-state index contributed by atoms with van der Waals surface area (Å²) in [7, 11) is -4.28. The van der Waals surface area contributed by atoms with Crippen LogP contribution in [0.25, 0.3) is 0 Å². The number of halogens is 3. The molecule has 20 heteroatoms. The normalized spacial score (nSPS) is 18.6. The zero-order valence-electron chi connectivity index (χ0n) is 28.3. The standard InChI is InChI=1S/C33H36ClF2N3O13S/c1-19-17-52-33(44,21-11-22(35)13-23(36)12-21)20(2)39(19)32(43)51-18-50-30(41)7-6-29(40)48-9-4-10-49-31(42)25-14-28(53(37,45)46)26(34)15-27(25)38-16-24-5-3-8-47-24/h3,5,8,11-15,19-20,38,44H,4,6-7,9-10,16-18H2,1-2H3,(H2,37,45,46)/t19-,20+,33-/m1/s1. The summed E-state index contributed by atoms with van der Waals surface area (Å²) in [4.78, 5) is 50.5. The van der Waals surface area contributed by atoms with Gasteiger partial charge in [0.1, 0.15) is 22.3 Å². The Balaban J connectivity index is 1.17. The van der Waals surface area contributed by atoms with E-state index in [9.17, 15) is 41.5 Å². The van der Waals surface area contributed by atoms with Gasteiger partial charge in [0.2, 0.25) is 22.6 Å². The summed E-state index contributed by atoms with van der Waals surface area (Å²) < 4.78 is 82.4. The molecular weight excluding hydrogens is 752 g/mol. The molecular formula is C33H36ClF2N3O13S. The molecule has 53 heavy (non-hydrogen) atoms. The van der Waals surface area contributed by atoms with Crippen LogP contribution in [0, 0.1) is 11.6 Å². The van der Waals surface area contributed by atoms with E-state index in [1.165, 1.54) is 19.3 Å². The summed E-state index contributed by atoms with van der Waals surface area (Å²) in [6.45, 7) is 1.61. The Hall–Kier alpha value is -4.82. The molecule has 2 heterocycles. The molecule has 0 unspecified atom stereocenters. The number of nitrogens with one attached hydrogen (secondary N) is 1. The number of benzene rings is 2. The Kier molecular flexibility index (Phi) is 13.8. The van der Waals surface area contributed by atoms with Crippen LogP contribution in [-0.4, -0.2) is 81.1 Å². The number of carbonyl (C=O) groups excluding carboxylic acids is 4. The molecule has 1 aromatic heterocycles. The predicted octanol–water partition coefficient (Wildman–Crippen LogP) is 3.93. The lowest BCUT2D eigenvalue weighted by atomic mass is 9.94. The maximum Gasteiger partial charge on any atom is 0.413 e. The molecule has 4 N–H and O–H groups in total. The number of hydrogen-bond donors (Lipinski definition) is 3. The fourth-order valence-electron chi connectivity index (χ4n) is 5.18. The van der Waals surface area contributed by atoms with Gasteiger partial charge in [0.25, 0.3) is 0 Å². The monoisotopic (exact) mass is 787 g/mol. The number of carbonyl (C=O) groups is 4. The van der Waals surface area contributed by atoms with Crippen molar-refractivity contribution in [3.05, 3.63) is 82.3 Å². The summed E-state index contributed by atoms with van der Waals surface area (Å²) in [5.74, 6) is -6.28. The quantitative estimate of drug-likeness (QED) is 0.0860. The highest BCUT2D eigenvalue weighted by Crippen LogP contribution is 2.36. The number of ether oxygens (including phenoxy) is 5. The molecule has 1 aliphatic heterocycles. The number of sulfonamides is 1. The summed E-state index contributed by atoms with van der Waals surface area (Å²) in [5.41, 5.74) is -0.287. The van der Waals surface area contributed by atoms with Crippen molar-refractivity contribution in [2.75, 3.05) is 31.9 Å². The van der Waals surface area contributed by atoms with Gasteiger partial charge in [-0.3, -0.25) is 14.5 Å². The van der Waals surface area contributed by atoms with Crippen molar-refractivity contribution in [3.8, 4) is 0 Å². The van der Waals surface area contributed by atoms with Gasteiger partial charge in [-0.05, 0) is 50.2 Å². The number of hydrogen-bond acceptors (Lipinski definition) is 14. The molecule has 1 fully saturated rings. The van der Waals surface area contributed by atoms with Gasteiger partial charge in [-0.1, -0.05) is 11.6 Å². The molecule has 3 aromatic rings. The minimum atomic E-state index is -4.28. The maximum absolute atomic E-state index is 13.8. The second-order valence-electron chi connectivity index (χ2n) is 11.7. The lowest BCUT2D eigenvalue weighted by Gasteiger charge is -2.47. The van der Waals surface area contributed by atoms with Crippen LogP contribution < -0.4 is 10.5 Å². The molecule has 1 aliphatic rings. The summed E-state index contributed by atoms with van der Waals surface area (Å²) in [5, 5.41) is 19.0. The number of rotatable bonds is 15. The number of aliphatic hydroxyl groups is 1. The largest absolute Gasteiger partial charge is 0.467 e. The minimum Gasteiger partial charge on any atom is -0.467 e. The first-order chi connectivity index (χ1) is 25.0. The Labute approximate surface area is 307 Å². The number of esters is 3. The van der Waals surface area contributed by atoms with Gasteiger partial charge in [-0.25, -0.2) is 31.9 Å². The molecule has 1 amide bonds. The van der Waals surface area contributed by atoms with Crippen LogP contribution in [0.5, 0.6) is 0 Å². The predicted molar refractivity (Wildman–Crippen MR) is 178 cm³/mol. The van der Waals surface area contributed by atoms with Crippen molar-refractivity contribution < 1.29 is 69.6 Å². The van der Waals surface area contributed by atoms with Gasteiger partial charge < -0.3 is 38.5 Å². The highest BCUT2D eigenvalue weighted by molar-refractivity contribution is 7.89. The second kappa shape index (κ2) is 17.8. The summed E-state index contributed by atoms with van der Waals surface area (Å²) in [6.07, 6.45) is -0.350. The van der Waals surface area contributed by atoms with Gasteiger partial charge in [0.05, 0.1) is 73.8 Å². The number of nitrogens with zero attached hydrogens (tertiary/aromatic N) is 1. The van der Waals surface area contributed by atoms with Gasteiger partial charge in [0, 0.05) is 18.1 Å². The average molecular weight is 788 g/mol. The van der Waals surface area contributed by atoms with Gasteiger partial charge in [-0.2, -0.15) is 0 Å². The Morgan fingerprint density at radius 3 is 2.32 bits per heavy atom. The van der Waals surface area contributed by atoms with Crippen LogP contribution in [0.2, 0.25) is 5.02 Å². The zero-order chi connectivity index (χ0) is 38.9. The third-order valence-corrected chi connectivity index (χ3v) is 9.22. The number of anilines is 1. The number of furan rings is 1. The Bertz CT molecular complexity index is 1900. The minimum absolute atomic E-state index is 0.0460. The number of primary sulfonamides is 1. The zero-order valence-corrected chi connectivity index (χ0v) is 29.9. The first kappa shape index (κ1) is 40.9. The fraction of sp³-hybridized carbons (Fsp3) is 0.394. The topological polar surface area (TPSA) is 223 Å². The first-order valence-corrected chi connectivity index (χ1v) is 17.8. The first-order valence-electron chi connectivity index (χ1n) is 15.9. The van der Waals surface area contributed by atoms with Crippen LogP contribution >= 0.6 is 11.6 Å². The molecule has 0 saturated carbocycles. The molecule has 1 saturated heterocycles. The SMILES string of the molecule is C[C@@H]1CO[C@@](O)(c2cc(F)cc(F)c2)[C@H](C)N1C(=O)OCOC(=O)CCC(=O)OCCCOC(=O)c1cc(S(N)(=O)=O)c(Cl)cc1NCc1ccco1. The van der Waals surface area contributed by atoms with Crippen LogP contribution in [0.3, 0.4) is 0 Å². The molecule has 3 atom stereocenters. The molecule has 0 bridgehead atoms. The number of amides is 1. The molecule has 0 spiro atoms. The van der Waals surface area contributed by atoms with E-state index < -0.39 is 88.1 Å². The van der Waals surface area contributed by atoms with Crippen molar-refractivity contribution in [2.45, 2.75) is 62.4 Å². The fourth-order valence-corrected chi connectivity index (χ4v) is 6.28. The van der Waals surface area contributed by atoms with Crippen molar-refractivity contribution in [3.63, 3.8) is 0 Å². The van der Waals surface area contributed by atoms with E-state index in [0.717, 1.165) is 23.1 Å². The van der Waals surface area contributed by atoms with Gasteiger partial charge >= 0.3 is 24.0 Å². The molecule has 0 aliphatic carbocycles. The van der Waals surface area contributed by atoms with Crippen LogP contribution in [0.4, 0.5) is 19.3 Å². The third kappa shape index (κ3) is 10.9. The van der Waals surface area contributed by atoms with Crippen molar-refractivity contribution in [2.24, 2.45) is 5.14 Å². The second-order valence-corrected chi connectivity index (χ2v) is 13.6. The van der Waals surface area contributed by atoms with Crippen molar-refractivity contribution >= 4 is 51.3 Å². The highest BCUT2D eigenvalue weighted by Gasteiger charge is 2.49. The average Bonchev–Trinajstić information content (AvgIpc) is 3.61. The van der Waals surface area contributed by atoms with Crippen molar-refractivity contribution in [1.29, 1.82) is 0 Å². The van der Waals surface area contributed by atoms with Crippen molar-refractivity contribution in [1.82, 2.24) is 4.90 Å². The maximum atomic E-state index is 13.8. The molecule has 4 rings (SSSR count). The smallest absolute Gasteiger partial charge is 0.413 e. The molecule has 0 radical (unpaired) electrons. The van der Waals surface area contributed by atoms with E-state index >= 15 is 0 Å². The van der Waals surface area contributed by atoms with Gasteiger partial charge in [0.15, 0.2) is 0 Å². The van der Waals surface area contributed by atoms with Crippen LogP contribution in [-0.2, 0) is 55.6 Å². The lowest BCUT2D eigenvalue weighted by molar-refractivity contribution is -0.280. The van der Waals surface area contributed by atoms with E-state index in [1.807, 2.05) is 0 Å². The van der Waals surface area contributed by atoms with Gasteiger partial charge in [-0.15, -0.1) is 0 Å². The Morgan fingerprint density at radius 2 is 1.68 bits per heavy atom. The van der Waals surface area contributed by atoms with E-state index in [-0.39, 0.29) is 54.6 Å². The molecule has 288 valence electrons. The summed E-state index contributed by atoms with van der Waals surface area (Å²) >= 11 is 6.08. The highest BCUT2D eigenvalue weighted by atomic mass is 35.5. The summed E-state index contributed by atoms with van der Waals surface area (Å²) in [6, 6.07) is 6.06. The van der Waals surface area contributed by atoms with E-state index in [1.54, 1.807) is 19.1 Å². The molecule has 16 nitrogen and oxygen atoms in total. The number of nitrogens with two attached hydrogens (primary N) is 1. The molecule has 2 aromatic carbocycles. The van der Waals surface area contributed by atoms with Crippen LogP contribution in [0.15, 0.2) is 58.0 Å². The third-order valence-electron chi connectivity index (χ3n) is 7.84.